The van der Waals surface area contributed by atoms with Crippen molar-refractivity contribution >= 4 is 50.7 Å². The average molecular weight is 500 g/mol. The van der Waals surface area contributed by atoms with Crippen molar-refractivity contribution in [2.75, 3.05) is 24.2 Å². The molecule has 0 fully saturated rings. The summed E-state index contributed by atoms with van der Waals surface area (Å²) in [6.45, 7) is 3.01. The van der Waals surface area contributed by atoms with Crippen molar-refractivity contribution in [2.45, 2.75) is 32.9 Å². The third-order valence-electron chi connectivity index (χ3n) is 5.09. The molecule has 0 radical (unpaired) electrons. The molecule has 10 heteroatoms. The monoisotopic (exact) mass is 499 g/mol. The van der Waals surface area contributed by atoms with Crippen LogP contribution in [0, 0.1) is 6.92 Å². The standard InChI is InChI=1S/C22H27Cl2N3O4S/c1-5-19(22(29)25-3)26(13-16-17(23)10-8-11-18(16)24)21(28)14-27(32(4,30)31)20-12-7-6-9-15(20)2/h6-12,19H,5,13-14H2,1-4H3,(H,25,29). The molecule has 2 rings (SSSR count). The van der Waals surface area contributed by atoms with Gasteiger partial charge in [0.15, 0.2) is 0 Å². The van der Waals surface area contributed by atoms with Gasteiger partial charge in [-0.25, -0.2) is 8.42 Å². The summed E-state index contributed by atoms with van der Waals surface area (Å²) >= 11 is 12.6. The van der Waals surface area contributed by atoms with Gasteiger partial charge in [0.1, 0.15) is 12.6 Å². The summed E-state index contributed by atoms with van der Waals surface area (Å²) in [5.74, 6) is -0.920. The van der Waals surface area contributed by atoms with Gasteiger partial charge in [0.2, 0.25) is 21.8 Å². The Hall–Kier alpha value is -2.29. The van der Waals surface area contributed by atoms with E-state index >= 15 is 0 Å². The quantitative estimate of drug-likeness (QED) is 0.570. The van der Waals surface area contributed by atoms with Gasteiger partial charge in [0.05, 0.1) is 11.9 Å². The van der Waals surface area contributed by atoms with Crippen LogP contribution >= 0.6 is 23.2 Å². The normalized spacial score (nSPS) is 12.2. The predicted molar refractivity (Wildman–Crippen MR) is 129 cm³/mol. The second-order valence-corrected chi connectivity index (χ2v) is 10.0. The molecule has 0 aromatic heterocycles. The van der Waals surface area contributed by atoms with Crippen molar-refractivity contribution in [3.8, 4) is 0 Å². The third-order valence-corrected chi connectivity index (χ3v) is 6.92. The Kier molecular flexibility index (Phi) is 8.95. The van der Waals surface area contributed by atoms with Crippen molar-refractivity contribution in [1.82, 2.24) is 10.2 Å². The zero-order chi connectivity index (χ0) is 24.1. The highest BCUT2D eigenvalue weighted by molar-refractivity contribution is 7.92. The first-order chi connectivity index (χ1) is 15.0. The molecule has 1 atom stereocenters. The maximum absolute atomic E-state index is 13.5. The van der Waals surface area contributed by atoms with Gasteiger partial charge >= 0.3 is 0 Å². The van der Waals surface area contributed by atoms with E-state index in [4.69, 9.17) is 23.2 Å². The molecule has 1 unspecified atom stereocenters. The van der Waals surface area contributed by atoms with Crippen molar-refractivity contribution in [3.05, 3.63) is 63.6 Å². The fraction of sp³-hybridized carbons (Fsp3) is 0.364. The van der Waals surface area contributed by atoms with E-state index in [9.17, 15) is 18.0 Å². The maximum atomic E-state index is 13.5. The number of carbonyl (C=O) groups is 2. The van der Waals surface area contributed by atoms with Crippen LogP contribution in [0.1, 0.15) is 24.5 Å². The number of anilines is 1. The fourth-order valence-corrected chi connectivity index (χ4v) is 4.80. The van der Waals surface area contributed by atoms with E-state index in [2.05, 4.69) is 5.32 Å². The number of hydrogen-bond acceptors (Lipinski definition) is 4. The van der Waals surface area contributed by atoms with Gasteiger partial charge in [-0.15, -0.1) is 0 Å². The highest BCUT2D eigenvalue weighted by Gasteiger charge is 2.32. The molecule has 0 spiro atoms. The third kappa shape index (κ3) is 6.15. The first-order valence-electron chi connectivity index (χ1n) is 9.98. The second-order valence-electron chi connectivity index (χ2n) is 7.32. The van der Waals surface area contributed by atoms with E-state index in [0.29, 0.717) is 33.3 Å². The van der Waals surface area contributed by atoms with E-state index in [1.807, 2.05) is 0 Å². The van der Waals surface area contributed by atoms with Crippen molar-refractivity contribution < 1.29 is 18.0 Å². The molecule has 2 aromatic rings. The first kappa shape index (κ1) is 26.0. The van der Waals surface area contributed by atoms with Gasteiger partial charge in [-0.3, -0.25) is 13.9 Å². The molecular formula is C22H27Cl2N3O4S. The summed E-state index contributed by atoms with van der Waals surface area (Å²) in [6, 6.07) is 11.0. The highest BCUT2D eigenvalue weighted by atomic mass is 35.5. The van der Waals surface area contributed by atoms with Crippen LogP contribution in [0.3, 0.4) is 0 Å². The molecule has 0 heterocycles. The first-order valence-corrected chi connectivity index (χ1v) is 12.6. The number of nitrogens with one attached hydrogen (secondary N) is 1. The van der Waals surface area contributed by atoms with E-state index in [-0.39, 0.29) is 12.5 Å². The number of hydrogen-bond donors (Lipinski definition) is 1. The molecule has 0 aliphatic rings. The molecule has 0 saturated carbocycles. The molecule has 174 valence electrons. The number of benzene rings is 2. The van der Waals surface area contributed by atoms with Gasteiger partial charge in [-0.05, 0) is 37.1 Å². The minimum Gasteiger partial charge on any atom is -0.357 e. The Balaban J connectivity index is 2.50. The van der Waals surface area contributed by atoms with Crippen LogP contribution in [0.4, 0.5) is 5.69 Å². The summed E-state index contributed by atoms with van der Waals surface area (Å²) < 4.78 is 26.2. The number of carbonyl (C=O) groups excluding carboxylic acids is 2. The maximum Gasteiger partial charge on any atom is 0.244 e. The van der Waals surface area contributed by atoms with Crippen LogP contribution in [-0.2, 0) is 26.2 Å². The Morgan fingerprint density at radius 3 is 2.16 bits per heavy atom. The van der Waals surface area contributed by atoms with Gasteiger partial charge in [-0.2, -0.15) is 0 Å². The SMILES string of the molecule is CCC(C(=O)NC)N(Cc1c(Cl)cccc1Cl)C(=O)CN(c1ccccc1C)S(C)(=O)=O. The molecule has 2 aromatic carbocycles. The van der Waals surface area contributed by atoms with Crippen LogP contribution in [0.15, 0.2) is 42.5 Å². The van der Waals surface area contributed by atoms with Crippen LogP contribution in [0.25, 0.3) is 0 Å². The molecule has 0 saturated heterocycles. The second kappa shape index (κ2) is 11.0. The molecule has 0 aliphatic carbocycles. The largest absolute Gasteiger partial charge is 0.357 e. The summed E-state index contributed by atoms with van der Waals surface area (Å²) in [5.41, 5.74) is 1.57. The predicted octanol–water partition coefficient (Wildman–Crippen LogP) is 3.62. The lowest BCUT2D eigenvalue weighted by molar-refractivity contribution is -0.140. The van der Waals surface area contributed by atoms with Gasteiger partial charge in [0, 0.05) is 29.2 Å². The molecule has 2 amide bonds. The molecular weight excluding hydrogens is 473 g/mol. The van der Waals surface area contributed by atoms with Gasteiger partial charge in [0.25, 0.3) is 0 Å². The number of aryl methyl sites for hydroxylation is 1. The number of amides is 2. The fourth-order valence-electron chi connectivity index (χ4n) is 3.38. The summed E-state index contributed by atoms with van der Waals surface area (Å²) in [7, 11) is -2.30. The van der Waals surface area contributed by atoms with E-state index in [0.717, 1.165) is 10.6 Å². The van der Waals surface area contributed by atoms with Crippen molar-refractivity contribution in [2.24, 2.45) is 0 Å². The number of likely N-dealkylation sites (N-methyl/N-ethyl adjacent to an activating group) is 1. The van der Waals surface area contributed by atoms with Gasteiger partial charge in [-0.1, -0.05) is 54.4 Å². The van der Waals surface area contributed by atoms with E-state index < -0.39 is 28.5 Å². The lowest BCUT2D eigenvalue weighted by atomic mass is 10.1. The Bertz CT molecular complexity index is 1070. The minimum absolute atomic E-state index is 0.0470. The lowest BCUT2D eigenvalue weighted by Crippen LogP contribution is -2.51. The number of sulfonamides is 1. The topological polar surface area (TPSA) is 86.8 Å². The smallest absolute Gasteiger partial charge is 0.244 e. The van der Waals surface area contributed by atoms with Crippen LogP contribution < -0.4 is 9.62 Å². The Morgan fingerprint density at radius 1 is 1.06 bits per heavy atom. The Morgan fingerprint density at radius 2 is 1.66 bits per heavy atom. The van der Waals surface area contributed by atoms with Crippen LogP contribution in [0.5, 0.6) is 0 Å². The van der Waals surface area contributed by atoms with E-state index in [1.165, 1.54) is 11.9 Å². The minimum atomic E-state index is -3.78. The molecule has 32 heavy (non-hydrogen) atoms. The zero-order valence-corrected chi connectivity index (χ0v) is 20.8. The molecule has 0 bridgehead atoms. The summed E-state index contributed by atoms with van der Waals surface area (Å²) in [6.07, 6.45) is 1.36. The molecule has 7 nitrogen and oxygen atoms in total. The number of halogens is 2. The van der Waals surface area contributed by atoms with E-state index in [1.54, 1.807) is 56.3 Å². The lowest BCUT2D eigenvalue weighted by Gasteiger charge is -2.33. The van der Waals surface area contributed by atoms with Crippen LogP contribution in [-0.4, -0.2) is 51.0 Å². The van der Waals surface area contributed by atoms with Crippen molar-refractivity contribution in [3.63, 3.8) is 0 Å². The van der Waals surface area contributed by atoms with Gasteiger partial charge < -0.3 is 10.2 Å². The van der Waals surface area contributed by atoms with Crippen LogP contribution in [0.2, 0.25) is 10.0 Å². The molecule has 1 N–H and O–H groups in total. The molecule has 0 aliphatic heterocycles. The highest BCUT2D eigenvalue weighted by Crippen LogP contribution is 2.28. The number of nitrogens with zero attached hydrogens (tertiary/aromatic N) is 2. The average Bonchev–Trinajstić information content (AvgIpc) is 2.73. The summed E-state index contributed by atoms with van der Waals surface area (Å²) in [5, 5.41) is 3.26. The number of rotatable bonds is 9. The summed E-state index contributed by atoms with van der Waals surface area (Å²) in [4.78, 5) is 27.4. The number of para-hydroxylation sites is 1. The Labute approximate surface area is 199 Å². The van der Waals surface area contributed by atoms with Crippen molar-refractivity contribution in [1.29, 1.82) is 0 Å². The zero-order valence-electron chi connectivity index (χ0n) is 18.4.